The van der Waals surface area contributed by atoms with E-state index in [9.17, 15) is 8.78 Å². The molecule has 0 heterocycles. The Labute approximate surface area is 127 Å². The fourth-order valence-corrected chi connectivity index (χ4v) is 2.72. The maximum Gasteiger partial charge on any atom is 0.311 e. The van der Waals surface area contributed by atoms with Gasteiger partial charge in [-0.3, -0.25) is 0 Å². The zero-order valence-electron chi connectivity index (χ0n) is 13.2. The largest absolute Gasteiger partial charge is 0.311 e. The minimum Gasteiger partial charge on any atom is -0.192 e. The molecule has 0 saturated carbocycles. The number of rotatable bonds is 2. The minimum absolute atomic E-state index is 0.0914. The van der Waals surface area contributed by atoms with Crippen molar-refractivity contribution in [3.8, 4) is 11.8 Å². The van der Waals surface area contributed by atoms with Gasteiger partial charge in [0.25, 0.3) is 0 Å². The summed E-state index contributed by atoms with van der Waals surface area (Å²) in [7, 11) is 0. The van der Waals surface area contributed by atoms with Crippen molar-refractivity contribution >= 4 is 0 Å². The molecule has 1 aromatic carbocycles. The first-order chi connectivity index (χ1) is 9.79. The number of benzene rings is 1. The zero-order valence-corrected chi connectivity index (χ0v) is 13.2. The Kier molecular flexibility index (Phi) is 4.71. The topological polar surface area (TPSA) is 0 Å². The van der Waals surface area contributed by atoms with Crippen LogP contribution in [0.4, 0.5) is 8.78 Å². The molecule has 2 heteroatoms. The van der Waals surface area contributed by atoms with Crippen molar-refractivity contribution in [2.24, 2.45) is 5.92 Å². The van der Waals surface area contributed by atoms with Crippen LogP contribution in [0.5, 0.6) is 0 Å². The van der Waals surface area contributed by atoms with Crippen LogP contribution in [0.15, 0.2) is 24.3 Å². The van der Waals surface area contributed by atoms with Gasteiger partial charge in [-0.25, -0.2) is 0 Å². The fraction of sp³-hybridized carbons (Fsp3) is 0.579. The average Bonchev–Trinajstić information content (AvgIpc) is 2.39. The number of hydrogen-bond acceptors (Lipinski definition) is 0. The van der Waals surface area contributed by atoms with Gasteiger partial charge in [0.05, 0.1) is 0 Å². The Hall–Kier alpha value is -1.36. The third kappa shape index (κ3) is 4.30. The molecule has 0 spiro atoms. The van der Waals surface area contributed by atoms with Crippen LogP contribution in [0.2, 0.25) is 0 Å². The molecule has 0 bridgehead atoms. The molecule has 1 unspecified atom stereocenters. The van der Waals surface area contributed by atoms with Gasteiger partial charge in [-0.1, -0.05) is 57.4 Å². The molecular weight excluding hydrogens is 266 g/mol. The first kappa shape index (κ1) is 16.0. The maximum absolute atomic E-state index is 14.1. The summed E-state index contributed by atoms with van der Waals surface area (Å²) in [5, 5.41) is 0. The second-order valence-electron chi connectivity index (χ2n) is 7.02. The third-order valence-electron chi connectivity index (χ3n) is 4.17. The van der Waals surface area contributed by atoms with Crippen LogP contribution in [-0.4, -0.2) is 5.92 Å². The molecule has 0 N–H and O–H groups in total. The maximum atomic E-state index is 14.1. The Morgan fingerprint density at radius 1 is 1.14 bits per heavy atom. The van der Waals surface area contributed by atoms with Crippen LogP contribution < -0.4 is 0 Å². The molecule has 0 amide bonds. The predicted octanol–water partition coefficient (Wildman–Crippen LogP) is 5.36. The van der Waals surface area contributed by atoms with Crippen molar-refractivity contribution < 1.29 is 8.78 Å². The summed E-state index contributed by atoms with van der Waals surface area (Å²) in [6.45, 7) is 6.46. The summed E-state index contributed by atoms with van der Waals surface area (Å²) in [6, 6.07) is 8.09. The van der Waals surface area contributed by atoms with Gasteiger partial charge in [0.15, 0.2) is 0 Å². The Balaban J connectivity index is 2.13. The van der Waals surface area contributed by atoms with E-state index in [1.165, 1.54) is 5.56 Å². The Morgan fingerprint density at radius 3 is 2.43 bits per heavy atom. The molecule has 1 aliphatic rings. The van der Waals surface area contributed by atoms with Gasteiger partial charge in [-0.05, 0) is 41.7 Å². The van der Waals surface area contributed by atoms with Gasteiger partial charge in [0.2, 0.25) is 0 Å². The number of hydrogen-bond donors (Lipinski definition) is 0. The average molecular weight is 290 g/mol. The quantitative estimate of drug-likeness (QED) is 0.644. The van der Waals surface area contributed by atoms with E-state index in [0.717, 1.165) is 18.4 Å². The highest BCUT2D eigenvalue weighted by Crippen LogP contribution is 2.33. The smallest absolute Gasteiger partial charge is 0.192 e. The van der Waals surface area contributed by atoms with Gasteiger partial charge in [-0.15, -0.1) is 0 Å². The first-order valence-electron chi connectivity index (χ1n) is 7.76. The van der Waals surface area contributed by atoms with Crippen LogP contribution in [-0.2, 0) is 11.8 Å². The van der Waals surface area contributed by atoms with E-state index in [-0.39, 0.29) is 5.41 Å². The second kappa shape index (κ2) is 6.18. The van der Waals surface area contributed by atoms with Crippen LogP contribution in [0.3, 0.4) is 0 Å². The molecule has 1 aliphatic carbocycles. The first-order valence-corrected chi connectivity index (χ1v) is 7.76. The summed E-state index contributed by atoms with van der Waals surface area (Å²) < 4.78 is 28.2. The SMILES string of the molecule is CC(C)(C)c1ccc(CC2CCCCC#CC2(F)F)cc1. The standard InChI is InChI=1S/C19H24F2/c1-18(2,3)16-11-9-15(10-12-16)14-17-8-6-4-5-7-13-19(17,20)21/h9-12,17H,4-6,8,14H2,1-3H3. The summed E-state index contributed by atoms with van der Waals surface area (Å²) >= 11 is 0. The van der Waals surface area contributed by atoms with E-state index < -0.39 is 11.8 Å². The molecule has 0 aliphatic heterocycles. The lowest BCUT2D eigenvalue weighted by Gasteiger charge is -2.24. The highest BCUT2D eigenvalue weighted by molar-refractivity contribution is 5.28. The van der Waals surface area contributed by atoms with Gasteiger partial charge in [-0.2, -0.15) is 8.78 Å². The van der Waals surface area contributed by atoms with E-state index in [1.54, 1.807) is 0 Å². The second-order valence-corrected chi connectivity index (χ2v) is 7.02. The van der Waals surface area contributed by atoms with Crippen LogP contribution in [0, 0.1) is 17.8 Å². The lowest BCUT2D eigenvalue weighted by atomic mass is 9.84. The molecule has 21 heavy (non-hydrogen) atoms. The molecule has 0 nitrogen and oxygen atoms in total. The van der Waals surface area contributed by atoms with E-state index in [4.69, 9.17) is 0 Å². The zero-order chi connectivity index (χ0) is 15.5. The van der Waals surface area contributed by atoms with Crippen molar-refractivity contribution in [2.75, 3.05) is 0 Å². The van der Waals surface area contributed by atoms with Gasteiger partial charge in [0, 0.05) is 12.3 Å². The van der Waals surface area contributed by atoms with Gasteiger partial charge >= 0.3 is 5.92 Å². The number of halogens is 2. The third-order valence-corrected chi connectivity index (χ3v) is 4.17. The highest BCUT2D eigenvalue weighted by Gasteiger charge is 2.37. The van der Waals surface area contributed by atoms with Crippen molar-refractivity contribution in [1.29, 1.82) is 0 Å². The molecule has 114 valence electrons. The molecule has 1 atom stereocenters. The molecular formula is C19H24F2. The normalized spacial score (nSPS) is 21.9. The molecule has 0 aromatic heterocycles. The summed E-state index contributed by atoms with van der Waals surface area (Å²) in [5.41, 5.74) is 2.30. The Morgan fingerprint density at radius 2 is 1.81 bits per heavy atom. The molecule has 0 radical (unpaired) electrons. The minimum atomic E-state index is -2.86. The van der Waals surface area contributed by atoms with E-state index >= 15 is 0 Å². The molecule has 2 rings (SSSR count). The summed E-state index contributed by atoms with van der Waals surface area (Å²) in [5.74, 6) is 1.29. The lowest BCUT2D eigenvalue weighted by Crippen LogP contribution is -2.29. The van der Waals surface area contributed by atoms with Gasteiger partial charge < -0.3 is 0 Å². The monoisotopic (exact) mass is 290 g/mol. The Bertz CT molecular complexity index is 523. The van der Waals surface area contributed by atoms with Crippen LogP contribution in [0.25, 0.3) is 0 Å². The van der Waals surface area contributed by atoms with E-state index in [1.807, 2.05) is 12.1 Å². The van der Waals surface area contributed by atoms with E-state index in [0.29, 0.717) is 19.3 Å². The van der Waals surface area contributed by atoms with Crippen molar-refractivity contribution in [3.63, 3.8) is 0 Å². The van der Waals surface area contributed by atoms with Crippen molar-refractivity contribution in [3.05, 3.63) is 35.4 Å². The summed E-state index contributed by atoms with van der Waals surface area (Å²) in [4.78, 5) is 0. The number of alkyl halides is 2. The van der Waals surface area contributed by atoms with Crippen LogP contribution >= 0.6 is 0 Å². The van der Waals surface area contributed by atoms with Gasteiger partial charge in [0.1, 0.15) is 0 Å². The molecule has 1 aromatic rings. The summed E-state index contributed by atoms with van der Waals surface area (Å²) in [6.07, 6.45) is 3.34. The highest BCUT2D eigenvalue weighted by atomic mass is 19.3. The van der Waals surface area contributed by atoms with Crippen molar-refractivity contribution in [1.82, 2.24) is 0 Å². The van der Waals surface area contributed by atoms with E-state index in [2.05, 4.69) is 44.7 Å². The molecule has 0 saturated heterocycles. The predicted molar refractivity (Wildman–Crippen MR) is 83.5 cm³/mol. The van der Waals surface area contributed by atoms with Crippen molar-refractivity contribution in [2.45, 2.75) is 64.2 Å². The fourth-order valence-electron chi connectivity index (χ4n) is 2.72. The molecule has 0 fully saturated rings. The lowest BCUT2D eigenvalue weighted by molar-refractivity contribution is -0.00442. The van der Waals surface area contributed by atoms with Crippen LogP contribution in [0.1, 0.15) is 57.6 Å².